The Kier molecular flexibility index (Phi) is 5.07. The van der Waals surface area contributed by atoms with Crippen LogP contribution in [0.15, 0.2) is 22.7 Å². The summed E-state index contributed by atoms with van der Waals surface area (Å²) in [7, 11) is 1.70. The molecular weight excluding hydrogens is 290 g/mol. The number of ether oxygens (including phenoxy) is 1. The van der Waals surface area contributed by atoms with Gasteiger partial charge in [-0.1, -0.05) is 41.6 Å². The molecule has 1 unspecified atom stereocenters. The monoisotopic (exact) mass is 311 g/mol. The lowest BCUT2D eigenvalue weighted by molar-refractivity contribution is 0.377. The number of hydrogen-bond donors (Lipinski definition) is 1. The first-order chi connectivity index (χ1) is 8.72. The second-order valence-electron chi connectivity index (χ2n) is 5.16. The number of hydrogen-bond acceptors (Lipinski definition) is 2. The fraction of sp³-hybridized carbons (Fsp3) is 0.600. The summed E-state index contributed by atoms with van der Waals surface area (Å²) in [6.45, 7) is 0. The highest BCUT2D eigenvalue weighted by Gasteiger charge is 2.22. The van der Waals surface area contributed by atoms with Crippen molar-refractivity contribution in [3.63, 3.8) is 0 Å². The van der Waals surface area contributed by atoms with E-state index in [2.05, 4.69) is 22.0 Å². The molecule has 0 heterocycles. The Bertz CT molecular complexity index is 386. The first kappa shape index (κ1) is 13.9. The lowest BCUT2D eigenvalue weighted by Crippen LogP contribution is -2.21. The maximum absolute atomic E-state index is 6.48. The average Bonchev–Trinajstić information content (AvgIpc) is 2.67. The van der Waals surface area contributed by atoms with E-state index in [1.54, 1.807) is 7.11 Å². The van der Waals surface area contributed by atoms with Gasteiger partial charge in [-0.15, -0.1) is 0 Å². The van der Waals surface area contributed by atoms with Gasteiger partial charge in [0.1, 0.15) is 5.75 Å². The molecule has 0 amide bonds. The molecule has 0 spiro atoms. The molecule has 0 aliphatic heterocycles. The van der Waals surface area contributed by atoms with Gasteiger partial charge >= 0.3 is 0 Å². The zero-order valence-electron chi connectivity index (χ0n) is 11.0. The molecule has 1 fully saturated rings. The van der Waals surface area contributed by atoms with E-state index in [1.165, 1.54) is 44.1 Å². The Morgan fingerprint density at radius 1 is 1.22 bits per heavy atom. The normalized spacial score (nSPS) is 19.3. The molecule has 18 heavy (non-hydrogen) atoms. The van der Waals surface area contributed by atoms with Gasteiger partial charge < -0.3 is 10.5 Å². The highest BCUT2D eigenvalue weighted by Crippen LogP contribution is 2.36. The summed E-state index contributed by atoms with van der Waals surface area (Å²) in [6.07, 6.45) is 7.88. The van der Waals surface area contributed by atoms with Gasteiger partial charge in [0, 0.05) is 10.5 Å². The maximum Gasteiger partial charge on any atom is 0.119 e. The van der Waals surface area contributed by atoms with E-state index in [9.17, 15) is 0 Å². The van der Waals surface area contributed by atoms with E-state index >= 15 is 0 Å². The minimum absolute atomic E-state index is 0.118. The zero-order chi connectivity index (χ0) is 13.0. The van der Waals surface area contributed by atoms with E-state index in [0.717, 1.165) is 10.2 Å². The number of halogens is 1. The summed E-state index contributed by atoms with van der Waals surface area (Å²) in [5.74, 6) is 1.49. The van der Waals surface area contributed by atoms with E-state index in [-0.39, 0.29) is 6.04 Å². The molecule has 1 aliphatic carbocycles. The molecule has 2 nitrogen and oxygen atoms in total. The van der Waals surface area contributed by atoms with Crippen molar-refractivity contribution in [2.75, 3.05) is 7.11 Å². The van der Waals surface area contributed by atoms with Crippen molar-refractivity contribution in [1.82, 2.24) is 0 Å². The Hall–Kier alpha value is -0.540. The Balaban J connectivity index is 2.18. The molecule has 2 rings (SSSR count). The summed E-state index contributed by atoms with van der Waals surface area (Å²) in [5.41, 5.74) is 7.66. The molecule has 0 radical (unpaired) electrons. The average molecular weight is 312 g/mol. The Morgan fingerprint density at radius 3 is 2.50 bits per heavy atom. The fourth-order valence-electron chi connectivity index (χ4n) is 2.83. The topological polar surface area (TPSA) is 35.2 Å². The van der Waals surface area contributed by atoms with Crippen molar-refractivity contribution in [1.29, 1.82) is 0 Å². The molecule has 0 saturated heterocycles. The third-order valence-corrected chi connectivity index (χ3v) is 4.69. The Morgan fingerprint density at radius 2 is 1.89 bits per heavy atom. The number of rotatable bonds is 3. The highest BCUT2D eigenvalue weighted by atomic mass is 79.9. The van der Waals surface area contributed by atoms with Crippen LogP contribution in [0.5, 0.6) is 5.75 Å². The molecule has 3 heteroatoms. The predicted octanol–water partition coefficient (Wildman–Crippen LogP) is 4.43. The van der Waals surface area contributed by atoms with Gasteiger partial charge in [0.15, 0.2) is 0 Å². The van der Waals surface area contributed by atoms with E-state index in [0.29, 0.717) is 5.92 Å². The minimum atomic E-state index is 0.118. The summed E-state index contributed by atoms with van der Waals surface area (Å²) >= 11 is 3.61. The van der Waals surface area contributed by atoms with Crippen molar-refractivity contribution < 1.29 is 4.74 Å². The van der Waals surface area contributed by atoms with Crippen LogP contribution in [0, 0.1) is 5.92 Å². The van der Waals surface area contributed by atoms with Crippen LogP contribution in [0.3, 0.4) is 0 Å². The van der Waals surface area contributed by atoms with Gasteiger partial charge in [-0.25, -0.2) is 0 Å². The van der Waals surface area contributed by atoms with E-state index < -0.39 is 0 Å². The van der Waals surface area contributed by atoms with Crippen molar-refractivity contribution in [3.8, 4) is 5.75 Å². The lowest BCUT2D eigenvalue weighted by atomic mass is 9.88. The summed E-state index contributed by atoms with van der Waals surface area (Å²) in [6, 6.07) is 6.19. The van der Waals surface area contributed by atoms with E-state index in [4.69, 9.17) is 10.5 Å². The third kappa shape index (κ3) is 3.27. The summed E-state index contributed by atoms with van der Waals surface area (Å²) in [5, 5.41) is 0. The third-order valence-electron chi connectivity index (χ3n) is 3.97. The van der Waals surface area contributed by atoms with Crippen molar-refractivity contribution in [3.05, 3.63) is 28.2 Å². The van der Waals surface area contributed by atoms with Crippen LogP contribution in [0.25, 0.3) is 0 Å². The molecule has 1 aliphatic rings. The van der Waals surface area contributed by atoms with E-state index in [1.807, 2.05) is 12.1 Å². The van der Waals surface area contributed by atoms with Gasteiger partial charge in [0.2, 0.25) is 0 Å². The van der Waals surface area contributed by atoms with Crippen LogP contribution in [0.1, 0.15) is 50.1 Å². The first-order valence-corrected chi connectivity index (χ1v) is 7.60. The molecule has 1 aromatic rings. The van der Waals surface area contributed by atoms with Crippen LogP contribution in [0.4, 0.5) is 0 Å². The van der Waals surface area contributed by atoms with Crippen molar-refractivity contribution in [2.45, 2.75) is 44.6 Å². The second-order valence-corrected chi connectivity index (χ2v) is 6.02. The standard InChI is InChI=1S/C15H22BrNO/c1-18-12-8-9-14(16)13(10-12)15(17)11-6-4-2-3-5-7-11/h8-11,15H,2-7,17H2,1H3. The quantitative estimate of drug-likeness (QED) is 0.838. The van der Waals surface area contributed by atoms with Gasteiger partial charge in [-0.05, 0) is 42.5 Å². The number of nitrogens with two attached hydrogens (primary N) is 1. The van der Waals surface area contributed by atoms with Gasteiger partial charge in [-0.2, -0.15) is 0 Å². The largest absolute Gasteiger partial charge is 0.497 e. The smallest absolute Gasteiger partial charge is 0.119 e. The van der Waals surface area contributed by atoms with Gasteiger partial charge in [-0.3, -0.25) is 0 Å². The maximum atomic E-state index is 6.48. The van der Waals surface area contributed by atoms with Crippen LogP contribution in [-0.2, 0) is 0 Å². The van der Waals surface area contributed by atoms with Crippen LogP contribution in [-0.4, -0.2) is 7.11 Å². The molecule has 1 atom stereocenters. The fourth-order valence-corrected chi connectivity index (χ4v) is 3.34. The Labute approximate surface area is 118 Å². The first-order valence-electron chi connectivity index (χ1n) is 6.81. The highest BCUT2D eigenvalue weighted by molar-refractivity contribution is 9.10. The summed E-state index contributed by atoms with van der Waals surface area (Å²) < 4.78 is 6.39. The molecule has 1 saturated carbocycles. The predicted molar refractivity (Wildman–Crippen MR) is 78.8 cm³/mol. The lowest BCUT2D eigenvalue weighted by Gasteiger charge is -2.24. The van der Waals surface area contributed by atoms with Crippen molar-refractivity contribution in [2.24, 2.45) is 11.7 Å². The minimum Gasteiger partial charge on any atom is -0.497 e. The molecule has 0 aromatic heterocycles. The number of benzene rings is 1. The number of methoxy groups -OCH3 is 1. The molecule has 1 aromatic carbocycles. The van der Waals surface area contributed by atoms with Crippen LogP contribution < -0.4 is 10.5 Å². The second kappa shape index (κ2) is 6.58. The molecule has 0 bridgehead atoms. The zero-order valence-corrected chi connectivity index (χ0v) is 12.6. The SMILES string of the molecule is COc1ccc(Br)c(C(N)C2CCCCCC2)c1. The summed E-state index contributed by atoms with van der Waals surface area (Å²) in [4.78, 5) is 0. The molecule has 100 valence electrons. The molecular formula is C15H22BrNO. The van der Waals surface area contributed by atoms with Gasteiger partial charge in [0.25, 0.3) is 0 Å². The van der Waals surface area contributed by atoms with Gasteiger partial charge in [0.05, 0.1) is 7.11 Å². The molecule has 2 N–H and O–H groups in total. The van der Waals surface area contributed by atoms with Crippen LogP contribution >= 0.6 is 15.9 Å². The van der Waals surface area contributed by atoms with Crippen LogP contribution in [0.2, 0.25) is 0 Å². The van der Waals surface area contributed by atoms with Crippen molar-refractivity contribution >= 4 is 15.9 Å².